The Bertz CT molecular complexity index is 557. The van der Waals surface area contributed by atoms with Gasteiger partial charge in [0.2, 0.25) is 0 Å². The number of aliphatic hydroxyl groups is 1. The van der Waals surface area contributed by atoms with Gasteiger partial charge in [-0.3, -0.25) is 4.98 Å². The lowest BCUT2D eigenvalue weighted by atomic mass is 10.1. The molecule has 0 amide bonds. The molecule has 1 aromatic carbocycles. The van der Waals surface area contributed by atoms with Gasteiger partial charge in [-0.15, -0.1) is 0 Å². The molecule has 0 aliphatic carbocycles. The Morgan fingerprint density at radius 1 is 1.18 bits per heavy atom. The Kier molecular flexibility index (Phi) is 3.10. The van der Waals surface area contributed by atoms with Crippen molar-refractivity contribution in [1.29, 1.82) is 0 Å². The molecule has 0 atom stereocenters. The number of aliphatic hydroxyl groups excluding tert-OH is 1. The summed E-state index contributed by atoms with van der Waals surface area (Å²) in [7, 11) is 0. The van der Waals surface area contributed by atoms with Crippen LogP contribution in [-0.2, 0) is 6.61 Å². The SMILES string of the molecule is OCc1cc(F)cnc1-c1cccc(F)c1F. The molecule has 2 rings (SSSR count). The van der Waals surface area contributed by atoms with Crippen LogP contribution < -0.4 is 0 Å². The van der Waals surface area contributed by atoms with E-state index in [4.69, 9.17) is 5.11 Å². The fourth-order valence-corrected chi connectivity index (χ4v) is 1.53. The second-order valence-electron chi connectivity index (χ2n) is 3.42. The lowest BCUT2D eigenvalue weighted by molar-refractivity contribution is 0.281. The van der Waals surface area contributed by atoms with E-state index in [0.717, 1.165) is 18.3 Å². The number of nitrogens with zero attached hydrogens (tertiary/aromatic N) is 1. The van der Waals surface area contributed by atoms with Gasteiger partial charge in [-0.1, -0.05) is 6.07 Å². The number of hydrogen-bond donors (Lipinski definition) is 1. The van der Waals surface area contributed by atoms with Gasteiger partial charge in [0.05, 0.1) is 18.5 Å². The minimum Gasteiger partial charge on any atom is -0.392 e. The third kappa shape index (κ3) is 2.14. The van der Waals surface area contributed by atoms with Crippen molar-refractivity contribution in [1.82, 2.24) is 4.98 Å². The van der Waals surface area contributed by atoms with E-state index in [9.17, 15) is 13.2 Å². The molecule has 0 unspecified atom stereocenters. The molecule has 1 heterocycles. The molecule has 0 saturated carbocycles. The average molecular weight is 239 g/mol. The first-order valence-electron chi connectivity index (χ1n) is 4.83. The van der Waals surface area contributed by atoms with Crippen molar-refractivity contribution in [2.75, 3.05) is 0 Å². The van der Waals surface area contributed by atoms with Crippen molar-refractivity contribution in [3.63, 3.8) is 0 Å². The van der Waals surface area contributed by atoms with Crippen LogP contribution in [0.2, 0.25) is 0 Å². The van der Waals surface area contributed by atoms with Crippen molar-refractivity contribution in [2.24, 2.45) is 0 Å². The van der Waals surface area contributed by atoms with Crippen LogP contribution in [0.1, 0.15) is 5.56 Å². The zero-order chi connectivity index (χ0) is 12.4. The zero-order valence-electron chi connectivity index (χ0n) is 8.62. The van der Waals surface area contributed by atoms with Crippen LogP contribution in [0.15, 0.2) is 30.5 Å². The molecule has 0 fully saturated rings. The largest absolute Gasteiger partial charge is 0.392 e. The standard InChI is InChI=1S/C12H8F3NO/c13-8-4-7(6-17)12(16-5-8)9-2-1-3-10(14)11(9)15/h1-5,17H,6H2. The molecular formula is C12H8F3NO. The van der Waals surface area contributed by atoms with Gasteiger partial charge in [-0.05, 0) is 18.2 Å². The number of halogens is 3. The molecule has 0 spiro atoms. The molecule has 0 aliphatic rings. The smallest absolute Gasteiger partial charge is 0.168 e. The van der Waals surface area contributed by atoms with E-state index in [-0.39, 0.29) is 16.8 Å². The van der Waals surface area contributed by atoms with Gasteiger partial charge in [0.1, 0.15) is 5.82 Å². The molecule has 0 aliphatic heterocycles. The molecule has 88 valence electrons. The van der Waals surface area contributed by atoms with E-state index in [0.29, 0.717) is 0 Å². The predicted octanol–water partition coefficient (Wildman–Crippen LogP) is 2.66. The van der Waals surface area contributed by atoms with Crippen LogP contribution >= 0.6 is 0 Å². The summed E-state index contributed by atoms with van der Waals surface area (Å²) in [6.45, 7) is -0.504. The molecule has 2 aromatic rings. The van der Waals surface area contributed by atoms with Crippen LogP contribution in [0.3, 0.4) is 0 Å². The van der Waals surface area contributed by atoms with Gasteiger partial charge in [-0.25, -0.2) is 13.2 Å². The fourth-order valence-electron chi connectivity index (χ4n) is 1.53. The van der Waals surface area contributed by atoms with Crippen molar-refractivity contribution in [2.45, 2.75) is 6.61 Å². The van der Waals surface area contributed by atoms with E-state index in [1.54, 1.807) is 0 Å². The van der Waals surface area contributed by atoms with Crippen molar-refractivity contribution >= 4 is 0 Å². The molecule has 0 radical (unpaired) electrons. The van der Waals surface area contributed by atoms with Gasteiger partial charge in [-0.2, -0.15) is 0 Å². The Morgan fingerprint density at radius 2 is 1.94 bits per heavy atom. The molecule has 0 bridgehead atoms. The Balaban J connectivity index is 2.64. The van der Waals surface area contributed by atoms with Gasteiger partial charge in [0.25, 0.3) is 0 Å². The molecule has 1 N–H and O–H groups in total. The summed E-state index contributed by atoms with van der Waals surface area (Å²) in [5.41, 5.74) is 0.0365. The van der Waals surface area contributed by atoms with Gasteiger partial charge < -0.3 is 5.11 Å². The first-order chi connectivity index (χ1) is 8.13. The highest BCUT2D eigenvalue weighted by atomic mass is 19.2. The van der Waals surface area contributed by atoms with E-state index < -0.39 is 24.1 Å². The normalized spacial score (nSPS) is 10.6. The van der Waals surface area contributed by atoms with E-state index in [1.807, 2.05) is 0 Å². The minimum atomic E-state index is -1.07. The summed E-state index contributed by atoms with van der Waals surface area (Å²) < 4.78 is 39.4. The van der Waals surface area contributed by atoms with E-state index >= 15 is 0 Å². The topological polar surface area (TPSA) is 33.1 Å². The average Bonchev–Trinajstić information content (AvgIpc) is 2.33. The monoisotopic (exact) mass is 239 g/mol. The Labute approximate surface area is 95.4 Å². The summed E-state index contributed by atoms with van der Waals surface area (Å²) in [4.78, 5) is 3.68. The fraction of sp³-hybridized carbons (Fsp3) is 0.0833. The highest BCUT2D eigenvalue weighted by Crippen LogP contribution is 2.26. The Morgan fingerprint density at radius 3 is 2.65 bits per heavy atom. The Hall–Kier alpha value is -1.88. The molecule has 0 saturated heterocycles. The number of rotatable bonds is 2. The van der Waals surface area contributed by atoms with Gasteiger partial charge >= 0.3 is 0 Å². The van der Waals surface area contributed by atoms with Crippen molar-refractivity contribution < 1.29 is 18.3 Å². The molecule has 2 nitrogen and oxygen atoms in total. The highest BCUT2D eigenvalue weighted by molar-refractivity contribution is 5.63. The third-order valence-electron chi connectivity index (χ3n) is 2.31. The number of hydrogen-bond acceptors (Lipinski definition) is 2. The maximum absolute atomic E-state index is 13.5. The lowest BCUT2D eigenvalue weighted by Crippen LogP contribution is -1.98. The van der Waals surface area contributed by atoms with E-state index in [2.05, 4.69) is 4.98 Å². The second kappa shape index (κ2) is 4.55. The van der Waals surface area contributed by atoms with Gasteiger partial charge in [0.15, 0.2) is 11.6 Å². The van der Waals surface area contributed by atoms with Crippen LogP contribution in [0.4, 0.5) is 13.2 Å². The molecule has 1 aromatic heterocycles. The number of aromatic nitrogens is 1. The van der Waals surface area contributed by atoms with Crippen LogP contribution in [-0.4, -0.2) is 10.1 Å². The summed E-state index contributed by atoms with van der Waals surface area (Å²) in [6, 6.07) is 4.64. The number of benzene rings is 1. The molecular weight excluding hydrogens is 231 g/mol. The third-order valence-corrected chi connectivity index (χ3v) is 2.31. The summed E-state index contributed by atoms with van der Waals surface area (Å²) >= 11 is 0. The quantitative estimate of drug-likeness (QED) is 0.873. The zero-order valence-corrected chi connectivity index (χ0v) is 8.62. The first-order valence-corrected chi connectivity index (χ1v) is 4.83. The summed E-state index contributed by atoms with van der Waals surface area (Å²) in [5, 5.41) is 9.04. The first kappa shape index (κ1) is 11.6. The van der Waals surface area contributed by atoms with E-state index in [1.165, 1.54) is 12.1 Å². The highest BCUT2D eigenvalue weighted by Gasteiger charge is 2.14. The predicted molar refractivity (Wildman–Crippen MR) is 55.5 cm³/mol. The molecule has 17 heavy (non-hydrogen) atoms. The van der Waals surface area contributed by atoms with Crippen molar-refractivity contribution in [3.8, 4) is 11.3 Å². The maximum Gasteiger partial charge on any atom is 0.168 e. The second-order valence-corrected chi connectivity index (χ2v) is 3.42. The van der Waals surface area contributed by atoms with Crippen LogP contribution in [0.5, 0.6) is 0 Å². The lowest BCUT2D eigenvalue weighted by Gasteiger charge is -2.07. The summed E-state index contributed by atoms with van der Waals surface area (Å²) in [6.07, 6.45) is 0.888. The van der Waals surface area contributed by atoms with Gasteiger partial charge in [0, 0.05) is 11.1 Å². The minimum absolute atomic E-state index is 0.0332. The maximum atomic E-state index is 13.5. The van der Waals surface area contributed by atoms with Crippen LogP contribution in [0.25, 0.3) is 11.3 Å². The molecule has 5 heteroatoms. The number of pyridine rings is 1. The van der Waals surface area contributed by atoms with Crippen LogP contribution in [0, 0.1) is 17.5 Å². The summed E-state index contributed by atoms with van der Waals surface area (Å²) in [5.74, 6) is -2.73. The van der Waals surface area contributed by atoms with Crippen molar-refractivity contribution in [3.05, 3.63) is 53.5 Å².